The minimum Gasteiger partial charge on any atom is -0.481 e. The Labute approximate surface area is 76.7 Å². The lowest BCUT2D eigenvalue weighted by molar-refractivity contribution is 0.361. The fourth-order valence-electron chi connectivity index (χ4n) is 1.02. The topological polar surface area (TPSA) is 55.1 Å². The molecule has 0 atom stereocenters. The summed E-state index contributed by atoms with van der Waals surface area (Å²) in [4.78, 5) is 4.01. The van der Waals surface area contributed by atoms with Crippen molar-refractivity contribution in [2.45, 2.75) is 6.92 Å². The average molecular weight is 178 g/mol. The van der Waals surface area contributed by atoms with Crippen molar-refractivity contribution in [3.63, 3.8) is 0 Å². The van der Waals surface area contributed by atoms with Crippen LogP contribution >= 0.6 is 0 Å². The van der Waals surface area contributed by atoms with E-state index in [9.17, 15) is 0 Å². The van der Waals surface area contributed by atoms with Crippen molar-refractivity contribution < 1.29 is 9.47 Å². The zero-order valence-electron chi connectivity index (χ0n) is 7.79. The van der Waals surface area contributed by atoms with Crippen LogP contribution in [0.1, 0.15) is 11.1 Å². The molecule has 0 fully saturated rings. The summed E-state index contributed by atoms with van der Waals surface area (Å²) in [6.45, 7) is 1.83. The molecule has 0 aliphatic carbocycles. The van der Waals surface area contributed by atoms with Crippen LogP contribution in [-0.2, 0) is 0 Å². The van der Waals surface area contributed by atoms with Crippen LogP contribution in [0.4, 0.5) is 0 Å². The summed E-state index contributed by atoms with van der Waals surface area (Å²) < 4.78 is 9.91. The Hall–Kier alpha value is -1.76. The molecule has 0 radical (unpaired) electrons. The van der Waals surface area contributed by atoms with Crippen molar-refractivity contribution in [1.82, 2.24) is 4.98 Å². The van der Waals surface area contributed by atoms with E-state index in [0.29, 0.717) is 17.3 Å². The number of hydrogen-bond acceptors (Lipinski definition) is 4. The summed E-state index contributed by atoms with van der Waals surface area (Å²) in [6.07, 6.45) is 0. The zero-order chi connectivity index (χ0) is 9.84. The molecule has 1 aromatic rings. The normalized spacial score (nSPS) is 9.08. The Bertz CT molecular complexity index is 355. The summed E-state index contributed by atoms with van der Waals surface area (Å²) in [7, 11) is 3.00. The van der Waals surface area contributed by atoms with E-state index in [1.165, 1.54) is 14.2 Å². The molecular weight excluding hydrogens is 168 g/mol. The van der Waals surface area contributed by atoms with Crippen LogP contribution in [-0.4, -0.2) is 19.2 Å². The van der Waals surface area contributed by atoms with Gasteiger partial charge in [0.25, 0.3) is 0 Å². The van der Waals surface area contributed by atoms with Gasteiger partial charge in [-0.05, 0) is 13.0 Å². The molecule has 1 aromatic heterocycles. The van der Waals surface area contributed by atoms with Gasteiger partial charge in [-0.1, -0.05) is 0 Å². The molecule has 0 saturated carbocycles. The number of aryl methyl sites for hydroxylation is 1. The molecule has 13 heavy (non-hydrogen) atoms. The van der Waals surface area contributed by atoms with Crippen molar-refractivity contribution >= 4 is 0 Å². The minimum atomic E-state index is 0.296. The fraction of sp³-hybridized carbons (Fsp3) is 0.333. The number of aromatic nitrogens is 1. The standard InChI is InChI=1S/C9H10N2O2/c1-6-4-7(5-10)9(13-3)11-8(6)12-2/h4H,1-3H3. The second-order valence-corrected chi connectivity index (χ2v) is 2.48. The number of ether oxygens (including phenoxy) is 2. The van der Waals surface area contributed by atoms with Gasteiger partial charge in [0.15, 0.2) is 0 Å². The number of nitriles is 1. The first kappa shape index (κ1) is 9.33. The second-order valence-electron chi connectivity index (χ2n) is 2.48. The predicted octanol–water partition coefficient (Wildman–Crippen LogP) is 1.28. The predicted molar refractivity (Wildman–Crippen MR) is 46.8 cm³/mol. The van der Waals surface area contributed by atoms with E-state index in [0.717, 1.165) is 5.56 Å². The van der Waals surface area contributed by atoms with Gasteiger partial charge in [0.05, 0.1) is 14.2 Å². The van der Waals surface area contributed by atoms with E-state index in [4.69, 9.17) is 14.7 Å². The van der Waals surface area contributed by atoms with Gasteiger partial charge in [-0.2, -0.15) is 10.2 Å². The maximum absolute atomic E-state index is 8.73. The molecule has 0 unspecified atom stereocenters. The van der Waals surface area contributed by atoms with Crippen LogP contribution in [0.25, 0.3) is 0 Å². The minimum absolute atomic E-state index is 0.296. The first-order chi connectivity index (χ1) is 6.22. The van der Waals surface area contributed by atoms with Crippen molar-refractivity contribution in [2.24, 2.45) is 0 Å². The molecule has 1 heterocycles. The van der Waals surface area contributed by atoms with Crippen LogP contribution in [0.15, 0.2) is 6.07 Å². The Morgan fingerprint density at radius 3 is 2.38 bits per heavy atom. The fourth-order valence-corrected chi connectivity index (χ4v) is 1.02. The molecular formula is C9H10N2O2. The van der Waals surface area contributed by atoms with Gasteiger partial charge in [-0.25, -0.2) is 0 Å². The smallest absolute Gasteiger partial charge is 0.234 e. The summed E-state index contributed by atoms with van der Waals surface area (Å²) in [6, 6.07) is 3.68. The molecule has 68 valence electrons. The molecule has 0 aliphatic rings. The molecule has 0 spiro atoms. The monoisotopic (exact) mass is 178 g/mol. The molecule has 4 nitrogen and oxygen atoms in total. The van der Waals surface area contributed by atoms with Crippen LogP contribution < -0.4 is 9.47 Å². The molecule has 0 amide bonds. The average Bonchev–Trinajstić information content (AvgIpc) is 2.17. The van der Waals surface area contributed by atoms with E-state index >= 15 is 0 Å². The Morgan fingerprint density at radius 1 is 1.31 bits per heavy atom. The van der Waals surface area contributed by atoms with E-state index < -0.39 is 0 Å². The van der Waals surface area contributed by atoms with Gasteiger partial charge < -0.3 is 9.47 Å². The molecule has 0 saturated heterocycles. The largest absolute Gasteiger partial charge is 0.481 e. The summed E-state index contributed by atoms with van der Waals surface area (Å²) >= 11 is 0. The van der Waals surface area contributed by atoms with Crippen LogP contribution in [0.3, 0.4) is 0 Å². The van der Waals surface area contributed by atoms with Crippen LogP contribution in [0.2, 0.25) is 0 Å². The van der Waals surface area contributed by atoms with Crippen molar-refractivity contribution in [1.29, 1.82) is 5.26 Å². The molecule has 0 bridgehead atoms. The molecule has 0 N–H and O–H groups in total. The maximum Gasteiger partial charge on any atom is 0.234 e. The number of methoxy groups -OCH3 is 2. The third-order valence-electron chi connectivity index (χ3n) is 1.64. The van der Waals surface area contributed by atoms with Gasteiger partial charge in [0, 0.05) is 5.56 Å². The SMILES string of the molecule is COc1nc(OC)c(C#N)cc1C. The van der Waals surface area contributed by atoms with E-state index in [2.05, 4.69) is 4.98 Å². The van der Waals surface area contributed by atoms with Gasteiger partial charge in [-0.3, -0.25) is 0 Å². The lowest BCUT2D eigenvalue weighted by atomic mass is 10.2. The first-order valence-electron chi connectivity index (χ1n) is 3.72. The summed E-state index contributed by atoms with van der Waals surface area (Å²) in [5.41, 5.74) is 1.24. The quantitative estimate of drug-likeness (QED) is 0.684. The lowest BCUT2D eigenvalue weighted by Crippen LogP contribution is -1.97. The van der Waals surface area contributed by atoms with Crippen molar-refractivity contribution in [3.05, 3.63) is 17.2 Å². The highest BCUT2D eigenvalue weighted by Gasteiger charge is 2.08. The van der Waals surface area contributed by atoms with Crippen molar-refractivity contribution in [2.75, 3.05) is 14.2 Å². The number of hydrogen-bond donors (Lipinski definition) is 0. The highest BCUT2D eigenvalue weighted by Crippen LogP contribution is 2.22. The van der Waals surface area contributed by atoms with E-state index in [1.807, 2.05) is 13.0 Å². The van der Waals surface area contributed by atoms with Gasteiger partial charge >= 0.3 is 0 Å². The van der Waals surface area contributed by atoms with Crippen molar-refractivity contribution in [3.8, 4) is 17.8 Å². The highest BCUT2D eigenvalue weighted by atomic mass is 16.5. The van der Waals surface area contributed by atoms with Crippen LogP contribution in [0.5, 0.6) is 11.8 Å². The summed E-state index contributed by atoms with van der Waals surface area (Å²) in [5, 5.41) is 8.73. The number of nitrogens with zero attached hydrogens (tertiary/aromatic N) is 2. The Morgan fingerprint density at radius 2 is 1.92 bits per heavy atom. The molecule has 4 heteroatoms. The molecule has 0 aliphatic heterocycles. The van der Waals surface area contributed by atoms with Crippen LogP contribution in [0, 0.1) is 18.3 Å². The lowest BCUT2D eigenvalue weighted by Gasteiger charge is -2.06. The van der Waals surface area contributed by atoms with E-state index in [-0.39, 0.29) is 0 Å². The summed E-state index contributed by atoms with van der Waals surface area (Å²) in [5.74, 6) is 0.779. The number of pyridine rings is 1. The second kappa shape index (κ2) is 3.76. The third-order valence-corrected chi connectivity index (χ3v) is 1.64. The molecule has 0 aromatic carbocycles. The number of rotatable bonds is 2. The Balaban J connectivity index is 3.28. The van der Waals surface area contributed by atoms with E-state index in [1.54, 1.807) is 6.07 Å². The first-order valence-corrected chi connectivity index (χ1v) is 3.72. The van der Waals surface area contributed by atoms with Gasteiger partial charge in [0.2, 0.25) is 11.8 Å². The zero-order valence-corrected chi connectivity index (χ0v) is 7.79. The van der Waals surface area contributed by atoms with Gasteiger partial charge in [0.1, 0.15) is 11.6 Å². The molecule has 1 rings (SSSR count). The highest BCUT2D eigenvalue weighted by molar-refractivity contribution is 5.44. The van der Waals surface area contributed by atoms with Gasteiger partial charge in [-0.15, -0.1) is 0 Å². The Kier molecular flexibility index (Phi) is 2.70. The maximum atomic E-state index is 8.73. The third kappa shape index (κ3) is 1.70.